The van der Waals surface area contributed by atoms with Crippen LogP contribution in [0.3, 0.4) is 0 Å². The van der Waals surface area contributed by atoms with Crippen molar-refractivity contribution < 1.29 is 67.5 Å². The van der Waals surface area contributed by atoms with Gasteiger partial charge in [0, 0.05) is 5.92 Å². The van der Waals surface area contributed by atoms with E-state index in [-0.39, 0.29) is 58.9 Å². The summed E-state index contributed by atoms with van der Waals surface area (Å²) in [6.45, 7) is 0. The maximum absolute atomic E-state index is 8.56. The molecule has 0 radical (unpaired) electrons. The molecule has 2 rings (SSSR count). The van der Waals surface area contributed by atoms with E-state index in [1.54, 1.807) is 0 Å². The first kappa shape index (κ1) is 12.9. The molecule has 1 aromatic rings. The summed E-state index contributed by atoms with van der Waals surface area (Å²) in [6.07, 6.45) is 0.851. The summed E-state index contributed by atoms with van der Waals surface area (Å²) >= 11 is 0. The molecular formula is C9H12BKO3. The third kappa shape index (κ3) is 3.43. The predicted molar refractivity (Wildman–Crippen MR) is 50.0 cm³/mol. The van der Waals surface area contributed by atoms with Gasteiger partial charge in [0.25, 0.3) is 0 Å². The molecule has 0 saturated heterocycles. The molecule has 0 heterocycles. The first-order valence-corrected chi connectivity index (χ1v) is 4.34. The van der Waals surface area contributed by atoms with Crippen LogP contribution in [0.15, 0.2) is 30.3 Å². The van der Waals surface area contributed by atoms with Crippen molar-refractivity contribution in [2.75, 3.05) is 0 Å². The molecule has 2 unspecified atom stereocenters. The molecule has 0 aromatic heterocycles. The van der Waals surface area contributed by atoms with Gasteiger partial charge in [0.05, 0.1) is 6.10 Å². The van der Waals surface area contributed by atoms with Crippen LogP contribution in [-0.2, 0) is 4.65 Å². The van der Waals surface area contributed by atoms with Crippen molar-refractivity contribution >= 4 is 7.32 Å². The van der Waals surface area contributed by atoms with E-state index in [4.69, 9.17) is 14.7 Å². The summed E-state index contributed by atoms with van der Waals surface area (Å²) in [5.41, 5.74) is 1.20. The standard InChI is InChI=1S/C9H11BO3.K.H/c11-10(12)13-9-6-8(9)7-4-2-1-3-5-7;;/h1-5,8-9,11-12H,6H2;;/q;+1;-1. The number of rotatable bonds is 3. The van der Waals surface area contributed by atoms with Gasteiger partial charge in [0.15, 0.2) is 0 Å². The average Bonchev–Trinajstić information content (AvgIpc) is 2.84. The van der Waals surface area contributed by atoms with Gasteiger partial charge < -0.3 is 16.1 Å². The van der Waals surface area contributed by atoms with Crippen LogP contribution in [0.25, 0.3) is 0 Å². The minimum Gasteiger partial charge on any atom is -1.00 e. The zero-order valence-electron chi connectivity index (χ0n) is 9.13. The van der Waals surface area contributed by atoms with Gasteiger partial charge in [-0.25, -0.2) is 0 Å². The van der Waals surface area contributed by atoms with Crippen molar-refractivity contribution in [1.82, 2.24) is 0 Å². The summed E-state index contributed by atoms with van der Waals surface area (Å²) in [5.74, 6) is 0.336. The Morgan fingerprint density at radius 1 is 1.29 bits per heavy atom. The van der Waals surface area contributed by atoms with E-state index in [0.29, 0.717) is 5.92 Å². The van der Waals surface area contributed by atoms with Gasteiger partial charge in [-0.15, -0.1) is 0 Å². The number of hydrogen-bond acceptors (Lipinski definition) is 3. The Hall–Kier alpha value is 0.801. The summed E-state index contributed by atoms with van der Waals surface area (Å²) in [7, 11) is -1.64. The first-order valence-electron chi connectivity index (χ1n) is 4.34. The van der Waals surface area contributed by atoms with Crippen LogP contribution in [0.1, 0.15) is 19.3 Å². The fourth-order valence-corrected chi connectivity index (χ4v) is 1.53. The van der Waals surface area contributed by atoms with Gasteiger partial charge in [0.2, 0.25) is 0 Å². The second-order valence-corrected chi connectivity index (χ2v) is 3.25. The second-order valence-electron chi connectivity index (χ2n) is 3.25. The van der Waals surface area contributed by atoms with Crippen LogP contribution >= 0.6 is 0 Å². The third-order valence-electron chi connectivity index (χ3n) is 2.26. The van der Waals surface area contributed by atoms with Gasteiger partial charge >= 0.3 is 58.7 Å². The SMILES string of the molecule is OB(O)OC1CC1c1ccccc1.[H-].[K+]. The van der Waals surface area contributed by atoms with Crippen LogP contribution in [0.5, 0.6) is 0 Å². The Morgan fingerprint density at radius 2 is 1.93 bits per heavy atom. The van der Waals surface area contributed by atoms with E-state index in [9.17, 15) is 0 Å². The topological polar surface area (TPSA) is 49.7 Å². The quantitative estimate of drug-likeness (QED) is 0.558. The molecular weight excluding hydrogens is 206 g/mol. The molecule has 2 atom stereocenters. The van der Waals surface area contributed by atoms with Gasteiger partial charge in [0.1, 0.15) is 0 Å². The normalized spacial score (nSPS) is 23.9. The first-order chi connectivity index (χ1) is 6.27. The van der Waals surface area contributed by atoms with Gasteiger partial charge in [-0.1, -0.05) is 30.3 Å². The molecule has 0 aliphatic heterocycles. The van der Waals surface area contributed by atoms with Crippen LogP contribution < -0.4 is 51.4 Å². The predicted octanol–water partition coefficient (Wildman–Crippen LogP) is -2.35. The van der Waals surface area contributed by atoms with E-state index in [0.717, 1.165) is 6.42 Å². The van der Waals surface area contributed by atoms with E-state index in [1.165, 1.54) is 5.56 Å². The van der Waals surface area contributed by atoms with Crippen LogP contribution in [-0.4, -0.2) is 23.5 Å². The molecule has 70 valence electrons. The molecule has 1 fully saturated rings. The van der Waals surface area contributed by atoms with Crippen LogP contribution in [0.2, 0.25) is 0 Å². The molecule has 1 saturated carbocycles. The van der Waals surface area contributed by atoms with Crippen LogP contribution in [0.4, 0.5) is 0 Å². The molecule has 1 aliphatic rings. The second kappa shape index (κ2) is 5.77. The van der Waals surface area contributed by atoms with Crippen molar-refractivity contribution in [2.45, 2.75) is 18.4 Å². The Balaban J connectivity index is 0.000000980. The Kier molecular flexibility index (Phi) is 5.30. The molecule has 0 spiro atoms. The Labute approximate surface area is 128 Å². The molecule has 2 N–H and O–H groups in total. The fraction of sp³-hybridized carbons (Fsp3) is 0.333. The maximum Gasteiger partial charge on any atom is 1.00 e. The van der Waals surface area contributed by atoms with Crippen molar-refractivity contribution in [2.24, 2.45) is 0 Å². The van der Waals surface area contributed by atoms with E-state index >= 15 is 0 Å². The third-order valence-corrected chi connectivity index (χ3v) is 2.26. The summed E-state index contributed by atoms with van der Waals surface area (Å²) in [5, 5.41) is 17.1. The largest absolute Gasteiger partial charge is 1.00 e. The van der Waals surface area contributed by atoms with Gasteiger partial charge in [-0.2, -0.15) is 0 Å². The monoisotopic (exact) mass is 218 g/mol. The molecule has 5 heteroatoms. The van der Waals surface area contributed by atoms with E-state index < -0.39 is 7.32 Å². The maximum atomic E-state index is 8.56. The van der Waals surface area contributed by atoms with E-state index in [1.807, 2.05) is 30.3 Å². The molecule has 0 amide bonds. The van der Waals surface area contributed by atoms with Crippen molar-refractivity contribution in [3.05, 3.63) is 35.9 Å². The molecule has 0 bridgehead atoms. The number of benzene rings is 1. The zero-order valence-corrected chi connectivity index (χ0v) is 11.3. The smallest absolute Gasteiger partial charge is 1.00 e. The summed E-state index contributed by atoms with van der Waals surface area (Å²) in [4.78, 5) is 0. The van der Waals surface area contributed by atoms with Crippen molar-refractivity contribution in [3.63, 3.8) is 0 Å². The Morgan fingerprint density at radius 3 is 2.50 bits per heavy atom. The average molecular weight is 218 g/mol. The molecule has 1 aromatic carbocycles. The van der Waals surface area contributed by atoms with E-state index in [2.05, 4.69) is 0 Å². The minimum absolute atomic E-state index is 0. The van der Waals surface area contributed by atoms with Gasteiger partial charge in [-0.3, -0.25) is 0 Å². The number of hydrogen-bond donors (Lipinski definition) is 2. The van der Waals surface area contributed by atoms with Crippen molar-refractivity contribution in [3.8, 4) is 0 Å². The van der Waals surface area contributed by atoms with Gasteiger partial charge in [-0.05, 0) is 12.0 Å². The summed E-state index contributed by atoms with van der Waals surface area (Å²) < 4.78 is 4.84. The van der Waals surface area contributed by atoms with Crippen molar-refractivity contribution in [1.29, 1.82) is 0 Å². The molecule has 3 nitrogen and oxygen atoms in total. The minimum atomic E-state index is -1.64. The Bertz CT molecular complexity index is 286. The van der Waals surface area contributed by atoms with Crippen LogP contribution in [0, 0.1) is 0 Å². The fourth-order valence-electron chi connectivity index (χ4n) is 1.53. The zero-order chi connectivity index (χ0) is 9.26. The molecule has 1 aliphatic carbocycles. The summed E-state index contributed by atoms with van der Waals surface area (Å²) in [6, 6.07) is 9.96. The molecule has 14 heavy (non-hydrogen) atoms.